The Bertz CT molecular complexity index is 1440. The lowest BCUT2D eigenvalue weighted by molar-refractivity contribution is -0.274. The first-order valence-electron chi connectivity index (χ1n) is 13.2. The van der Waals surface area contributed by atoms with E-state index >= 15 is 0 Å². The molecule has 1 aliphatic rings. The molecule has 2 atom stereocenters. The first-order valence-corrected chi connectivity index (χ1v) is 13.2. The van der Waals surface area contributed by atoms with Gasteiger partial charge in [-0.25, -0.2) is 0 Å². The molecule has 0 radical (unpaired) electrons. The first kappa shape index (κ1) is 29.6. The first-order chi connectivity index (χ1) is 19.5. The molecular weight excluding hydrogens is 533 g/mol. The highest BCUT2D eigenvalue weighted by atomic mass is 19.4. The minimum absolute atomic E-state index is 0.0887. The van der Waals surface area contributed by atoms with E-state index in [0.717, 1.165) is 16.7 Å². The molecule has 1 saturated heterocycles. The fourth-order valence-electron chi connectivity index (χ4n) is 5.18. The molecule has 0 saturated carbocycles. The number of nitriles is 1. The number of piperidine rings is 1. The number of hydrogen-bond donors (Lipinski definition) is 2. The van der Waals surface area contributed by atoms with Crippen LogP contribution >= 0.6 is 0 Å². The molecule has 2 N–H and O–H groups in total. The highest BCUT2D eigenvalue weighted by Crippen LogP contribution is 2.33. The molecule has 10 heteroatoms. The summed E-state index contributed by atoms with van der Waals surface area (Å²) in [6.07, 6.45) is -4.29. The van der Waals surface area contributed by atoms with E-state index in [1.54, 1.807) is 35.2 Å². The molecule has 1 heterocycles. The number of rotatable bonds is 8. The van der Waals surface area contributed by atoms with Crippen molar-refractivity contribution >= 4 is 11.8 Å². The average Bonchev–Trinajstić information content (AvgIpc) is 2.95. The second kappa shape index (κ2) is 12.9. The molecule has 3 aromatic carbocycles. The van der Waals surface area contributed by atoms with Crippen LogP contribution in [0.25, 0.3) is 11.1 Å². The number of hydrogen-bond acceptors (Lipinski definition) is 5. The number of halogens is 3. The largest absolute Gasteiger partial charge is 0.573 e. The summed E-state index contributed by atoms with van der Waals surface area (Å²) in [5.74, 6) is -0.892. The zero-order valence-electron chi connectivity index (χ0n) is 22.8. The lowest BCUT2D eigenvalue weighted by Gasteiger charge is -2.39. The van der Waals surface area contributed by atoms with Gasteiger partial charge in [0.15, 0.2) is 0 Å². The molecule has 4 rings (SSSR count). The predicted octanol–water partition coefficient (Wildman–Crippen LogP) is 5.04. The van der Waals surface area contributed by atoms with E-state index in [9.17, 15) is 28.0 Å². The van der Waals surface area contributed by atoms with Crippen molar-refractivity contribution in [3.63, 3.8) is 0 Å². The van der Waals surface area contributed by atoms with Gasteiger partial charge in [0.05, 0.1) is 18.2 Å². The number of alkyl halides is 3. The summed E-state index contributed by atoms with van der Waals surface area (Å²) >= 11 is 0. The third-order valence-corrected chi connectivity index (χ3v) is 7.19. The second-order valence-corrected chi connectivity index (χ2v) is 10.1. The monoisotopic (exact) mass is 564 g/mol. The van der Waals surface area contributed by atoms with Crippen molar-refractivity contribution < 1.29 is 27.5 Å². The van der Waals surface area contributed by atoms with Crippen LogP contribution in [0.5, 0.6) is 5.75 Å². The Balaban J connectivity index is 1.59. The molecule has 0 bridgehead atoms. The fourth-order valence-corrected chi connectivity index (χ4v) is 5.18. The number of amides is 2. The molecule has 0 aromatic heterocycles. The fraction of sp³-hybridized carbons (Fsp3) is 0.323. The second-order valence-electron chi connectivity index (χ2n) is 10.1. The van der Waals surface area contributed by atoms with Crippen molar-refractivity contribution in [2.45, 2.75) is 45.1 Å². The van der Waals surface area contributed by atoms with E-state index in [4.69, 9.17) is 0 Å². The zero-order chi connectivity index (χ0) is 29.6. The molecule has 0 aliphatic carbocycles. The summed E-state index contributed by atoms with van der Waals surface area (Å²) in [6.45, 7) is 4.05. The molecule has 0 spiro atoms. The van der Waals surface area contributed by atoms with Gasteiger partial charge >= 0.3 is 6.36 Å². The average molecular weight is 565 g/mol. The Morgan fingerprint density at radius 3 is 2.51 bits per heavy atom. The van der Waals surface area contributed by atoms with Gasteiger partial charge in [0.25, 0.3) is 0 Å². The number of nitrogens with one attached hydrogen (secondary N) is 2. The predicted molar refractivity (Wildman–Crippen MR) is 148 cm³/mol. The normalized spacial score (nSPS) is 17.0. The van der Waals surface area contributed by atoms with Gasteiger partial charge in [0, 0.05) is 44.1 Å². The molecular formula is C31H31F3N4O3. The number of aryl methyl sites for hydroxylation is 1. The van der Waals surface area contributed by atoms with E-state index in [1.165, 1.54) is 13.0 Å². The van der Waals surface area contributed by atoms with Crippen LogP contribution in [0, 0.1) is 18.3 Å². The van der Waals surface area contributed by atoms with E-state index in [1.807, 2.05) is 37.3 Å². The minimum atomic E-state index is -4.85. The smallest absolute Gasteiger partial charge is 0.405 e. The van der Waals surface area contributed by atoms with Crippen molar-refractivity contribution in [3.8, 4) is 22.9 Å². The summed E-state index contributed by atoms with van der Waals surface area (Å²) in [4.78, 5) is 25.7. The van der Waals surface area contributed by atoms with Gasteiger partial charge in [0.1, 0.15) is 5.75 Å². The van der Waals surface area contributed by atoms with Crippen molar-refractivity contribution in [3.05, 3.63) is 89.0 Å². The molecule has 41 heavy (non-hydrogen) atoms. The summed E-state index contributed by atoms with van der Waals surface area (Å²) in [5, 5.41) is 15.2. The minimum Gasteiger partial charge on any atom is -0.405 e. The van der Waals surface area contributed by atoms with Gasteiger partial charge in [-0.3, -0.25) is 9.59 Å². The van der Waals surface area contributed by atoms with Gasteiger partial charge in [0.2, 0.25) is 11.8 Å². The van der Waals surface area contributed by atoms with Gasteiger partial charge in [-0.2, -0.15) is 5.26 Å². The Morgan fingerprint density at radius 2 is 1.85 bits per heavy atom. The van der Waals surface area contributed by atoms with E-state index in [2.05, 4.69) is 21.4 Å². The Labute approximate surface area is 236 Å². The molecule has 3 aromatic rings. The van der Waals surface area contributed by atoms with Crippen LogP contribution in [0.3, 0.4) is 0 Å². The number of nitrogens with zero attached hydrogens (tertiary/aromatic N) is 2. The third-order valence-electron chi connectivity index (χ3n) is 7.19. The highest BCUT2D eigenvalue weighted by Gasteiger charge is 2.34. The summed E-state index contributed by atoms with van der Waals surface area (Å²) in [6, 6.07) is 21.3. The Kier molecular flexibility index (Phi) is 9.30. The molecule has 1 aliphatic heterocycles. The zero-order valence-corrected chi connectivity index (χ0v) is 22.8. The van der Waals surface area contributed by atoms with E-state index < -0.39 is 6.36 Å². The summed E-state index contributed by atoms with van der Waals surface area (Å²) in [5.41, 5.74) is 4.16. The van der Waals surface area contributed by atoms with Crippen LogP contribution in [-0.2, 0) is 16.1 Å². The quantitative estimate of drug-likeness (QED) is 0.400. The maximum absolute atomic E-state index is 13.3. The Hall–Kier alpha value is -4.36. The summed E-state index contributed by atoms with van der Waals surface area (Å²) < 4.78 is 44.2. The van der Waals surface area contributed by atoms with Crippen LogP contribution < -0.4 is 15.4 Å². The van der Waals surface area contributed by atoms with Gasteiger partial charge in [-0.05, 0) is 59.9 Å². The number of ether oxygens (including phenoxy) is 1. The molecule has 2 amide bonds. The topological polar surface area (TPSA) is 94.5 Å². The van der Waals surface area contributed by atoms with Crippen LogP contribution in [0.1, 0.15) is 41.5 Å². The number of carbonyl (C=O) groups is 2. The van der Waals surface area contributed by atoms with Crippen molar-refractivity contribution in [1.29, 1.82) is 5.26 Å². The van der Waals surface area contributed by atoms with Crippen LogP contribution in [-0.4, -0.2) is 48.8 Å². The molecule has 7 nitrogen and oxygen atoms in total. The van der Waals surface area contributed by atoms with Crippen LogP contribution in [0.2, 0.25) is 0 Å². The lowest BCUT2D eigenvalue weighted by atomic mass is 9.85. The molecule has 1 fully saturated rings. The van der Waals surface area contributed by atoms with E-state index in [-0.39, 0.29) is 42.6 Å². The number of carbonyl (C=O) groups excluding carboxylic acids is 2. The summed E-state index contributed by atoms with van der Waals surface area (Å²) in [7, 11) is 0. The van der Waals surface area contributed by atoms with Gasteiger partial charge in [-0.1, -0.05) is 42.5 Å². The third kappa shape index (κ3) is 7.86. The maximum Gasteiger partial charge on any atom is 0.573 e. The standard InChI is InChI=1S/C31H31F3N4O3/c1-20-14-22(16-35)8-10-26(20)24-9-11-29(41-31(32,33)34)25(15-24)17-37-28-12-13-38(30(40)18-36-21(2)39)19-27(28)23-6-4-3-5-7-23/h3-11,14-15,27-28,37H,12-13,17-19H2,1-2H3,(H,36,39)/t27-,28-/m0/s1. The maximum atomic E-state index is 13.3. The SMILES string of the molecule is CC(=O)NCC(=O)N1CC[C@H](NCc2cc(-c3ccc(C#N)cc3C)ccc2OC(F)(F)F)[C@H](c2ccccc2)C1. The lowest BCUT2D eigenvalue weighted by Crippen LogP contribution is -2.51. The van der Waals surface area contributed by atoms with E-state index in [0.29, 0.717) is 36.2 Å². The van der Waals surface area contributed by atoms with Crippen molar-refractivity contribution in [1.82, 2.24) is 15.5 Å². The van der Waals surface area contributed by atoms with Crippen molar-refractivity contribution in [2.75, 3.05) is 19.6 Å². The van der Waals surface area contributed by atoms with Gasteiger partial charge in [-0.15, -0.1) is 13.2 Å². The number of benzene rings is 3. The Morgan fingerprint density at radius 1 is 1.10 bits per heavy atom. The molecule has 214 valence electrons. The molecule has 0 unspecified atom stereocenters. The van der Waals surface area contributed by atoms with Crippen LogP contribution in [0.4, 0.5) is 13.2 Å². The number of likely N-dealkylation sites (tertiary alicyclic amines) is 1. The van der Waals surface area contributed by atoms with Crippen molar-refractivity contribution in [2.24, 2.45) is 0 Å². The van der Waals surface area contributed by atoms with Crippen LogP contribution in [0.15, 0.2) is 66.7 Å². The van der Waals surface area contributed by atoms with Gasteiger partial charge < -0.3 is 20.3 Å². The highest BCUT2D eigenvalue weighted by molar-refractivity contribution is 5.83.